The molecule has 0 N–H and O–H groups in total. The Kier molecular flexibility index (Phi) is 14.6. The molecule has 1 radical (unpaired) electrons. The smallest absolute Gasteiger partial charge is 1.00 e. The first-order valence-electron chi connectivity index (χ1n) is 18.0. The predicted molar refractivity (Wildman–Crippen MR) is 203 cm³/mol. The van der Waals surface area contributed by atoms with Crippen molar-refractivity contribution in [2.45, 2.75) is 111 Å². The molecular weight excluding hydrogens is 727 g/mol. The number of unbranched alkanes of at least 4 members (excludes halogenated alkanes) is 2. The SMILES string of the molecule is CCCCc1ccc(C(c2ccc(CCCC)cc2)=c2c(C(C)(C)C)cc3c(c2C2=CC=CC2)[C-]=c2ccc(C(C)(C)C)cc2=3)cc1.[Cl-].[Cl-].[Zr+3]. The monoisotopic (exact) mass is 777 g/mol. The summed E-state index contributed by atoms with van der Waals surface area (Å²) in [5.41, 5.74) is 13.5. The van der Waals surface area contributed by atoms with Gasteiger partial charge in [-0.25, -0.2) is 0 Å². The van der Waals surface area contributed by atoms with Gasteiger partial charge in [0.25, 0.3) is 0 Å². The van der Waals surface area contributed by atoms with Crippen LogP contribution in [0.1, 0.15) is 132 Å². The molecule has 0 fully saturated rings. The van der Waals surface area contributed by atoms with Crippen LogP contribution in [0.25, 0.3) is 17.2 Å². The third-order valence-electron chi connectivity index (χ3n) is 10.0. The fourth-order valence-electron chi connectivity index (χ4n) is 7.20. The van der Waals surface area contributed by atoms with Crippen molar-refractivity contribution in [1.29, 1.82) is 0 Å². The van der Waals surface area contributed by atoms with Gasteiger partial charge in [-0.1, -0.05) is 170 Å². The average Bonchev–Trinajstić information content (AvgIpc) is 3.71. The van der Waals surface area contributed by atoms with Crippen LogP contribution in [0.3, 0.4) is 0 Å². The molecule has 0 spiro atoms. The fraction of sp³-hybridized carbons (Fsp3) is 0.362. The van der Waals surface area contributed by atoms with Crippen molar-refractivity contribution in [3.8, 4) is 0 Å². The molecule has 0 aromatic heterocycles. The van der Waals surface area contributed by atoms with Gasteiger partial charge in [-0.3, -0.25) is 0 Å². The zero-order valence-corrected chi connectivity index (χ0v) is 35.3. The summed E-state index contributed by atoms with van der Waals surface area (Å²) in [6.07, 6.45) is 18.9. The molecule has 0 nitrogen and oxygen atoms in total. The van der Waals surface area contributed by atoms with Gasteiger partial charge >= 0.3 is 26.2 Å². The Bertz CT molecular complexity index is 2010. The second kappa shape index (κ2) is 17.4. The summed E-state index contributed by atoms with van der Waals surface area (Å²) in [5.74, 6) is 0. The third-order valence-corrected chi connectivity index (χ3v) is 10.0. The van der Waals surface area contributed by atoms with E-state index in [-0.39, 0.29) is 61.8 Å². The summed E-state index contributed by atoms with van der Waals surface area (Å²) in [5, 5.41) is 5.22. The van der Waals surface area contributed by atoms with Gasteiger partial charge in [0.2, 0.25) is 0 Å². The quantitative estimate of drug-likeness (QED) is 0.188. The number of hydrogen-bond acceptors (Lipinski definition) is 0. The molecule has 0 bridgehead atoms. The van der Waals surface area contributed by atoms with E-state index in [0.717, 1.165) is 19.3 Å². The summed E-state index contributed by atoms with van der Waals surface area (Å²) in [7, 11) is 0. The molecule has 50 heavy (non-hydrogen) atoms. The van der Waals surface area contributed by atoms with Crippen LogP contribution in [0.15, 0.2) is 91.0 Å². The Hall–Kier alpha value is -2.44. The van der Waals surface area contributed by atoms with E-state index in [9.17, 15) is 0 Å². The molecule has 3 heteroatoms. The molecular formula is C47H53Cl2Zr. The van der Waals surface area contributed by atoms with Gasteiger partial charge in [0.1, 0.15) is 0 Å². The van der Waals surface area contributed by atoms with E-state index in [1.165, 1.54) is 102 Å². The number of rotatable bonds is 9. The number of allylic oxidation sites excluding steroid dienone is 4. The fourth-order valence-corrected chi connectivity index (χ4v) is 7.20. The minimum atomic E-state index is -0.0799. The molecule has 0 aliphatic heterocycles. The van der Waals surface area contributed by atoms with Gasteiger partial charge < -0.3 is 24.8 Å². The molecule has 0 amide bonds. The first-order chi connectivity index (χ1) is 22.5. The van der Waals surface area contributed by atoms with Gasteiger partial charge in [0.15, 0.2) is 0 Å². The second-order valence-corrected chi connectivity index (χ2v) is 15.8. The number of halogens is 2. The summed E-state index contributed by atoms with van der Waals surface area (Å²) >= 11 is 0. The Morgan fingerprint density at radius 3 is 1.70 bits per heavy atom. The van der Waals surface area contributed by atoms with Crippen LogP contribution >= 0.6 is 0 Å². The largest absolute Gasteiger partial charge is 3.00 e. The molecule has 0 heterocycles. The maximum Gasteiger partial charge on any atom is 3.00 e. The molecule has 6 rings (SSSR count). The van der Waals surface area contributed by atoms with Crippen LogP contribution < -0.4 is 35.3 Å². The van der Waals surface area contributed by atoms with Gasteiger partial charge in [0, 0.05) is 0 Å². The van der Waals surface area contributed by atoms with Crippen molar-refractivity contribution < 1.29 is 51.0 Å². The zero-order chi connectivity index (χ0) is 33.3. The molecule has 259 valence electrons. The van der Waals surface area contributed by atoms with Gasteiger partial charge in [-0.2, -0.15) is 0 Å². The Labute approximate surface area is 333 Å². The Morgan fingerprint density at radius 2 is 1.24 bits per heavy atom. The van der Waals surface area contributed by atoms with Crippen LogP contribution in [0.4, 0.5) is 0 Å². The van der Waals surface area contributed by atoms with Crippen LogP contribution in [0.5, 0.6) is 0 Å². The molecule has 4 aromatic rings. The maximum absolute atomic E-state index is 3.96. The summed E-state index contributed by atoms with van der Waals surface area (Å²) in [6, 6.07) is 28.5. The van der Waals surface area contributed by atoms with E-state index in [1.54, 1.807) is 0 Å². The number of benzene rings is 4. The maximum atomic E-state index is 3.96. The van der Waals surface area contributed by atoms with Crippen molar-refractivity contribution >= 4 is 17.2 Å². The molecule has 2 aliphatic carbocycles. The molecule has 0 atom stereocenters. The zero-order valence-electron chi connectivity index (χ0n) is 31.4. The normalized spacial score (nSPS) is 12.9. The third kappa shape index (κ3) is 8.77. The second-order valence-electron chi connectivity index (χ2n) is 15.8. The van der Waals surface area contributed by atoms with Gasteiger partial charge in [-0.05, 0) is 81.5 Å². The average molecular weight is 780 g/mol. The van der Waals surface area contributed by atoms with Gasteiger partial charge in [0.05, 0.1) is 0 Å². The minimum Gasteiger partial charge on any atom is -1.00 e. The molecule has 0 saturated heterocycles. The van der Waals surface area contributed by atoms with Gasteiger partial charge in [-0.15, -0.1) is 33.4 Å². The Morgan fingerprint density at radius 1 is 0.680 bits per heavy atom. The summed E-state index contributed by atoms with van der Waals surface area (Å²) in [4.78, 5) is 0. The van der Waals surface area contributed by atoms with E-state index in [2.05, 4.69) is 152 Å². The van der Waals surface area contributed by atoms with Crippen LogP contribution in [-0.2, 0) is 49.9 Å². The first-order valence-corrected chi connectivity index (χ1v) is 18.0. The molecule has 2 aliphatic rings. The minimum absolute atomic E-state index is 0. The molecule has 0 saturated carbocycles. The van der Waals surface area contributed by atoms with Crippen molar-refractivity contribution in [3.63, 3.8) is 0 Å². The van der Waals surface area contributed by atoms with Crippen molar-refractivity contribution in [2.24, 2.45) is 0 Å². The number of aryl methyl sites for hydroxylation is 2. The van der Waals surface area contributed by atoms with Crippen LogP contribution in [-0.4, -0.2) is 0 Å². The predicted octanol–water partition coefficient (Wildman–Crippen LogP) is 4.87. The summed E-state index contributed by atoms with van der Waals surface area (Å²) in [6.45, 7) is 18.6. The van der Waals surface area contributed by atoms with Crippen LogP contribution in [0, 0.1) is 10.4 Å². The van der Waals surface area contributed by atoms with Crippen molar-refractivity contribution in [1.82, 2.24) is 0 Å². The molecule has 4 aromatic carbocycles. The van der Waals surface area contributed by atoms with E-state index < -0.39 is 0 Å². The molecule has 0 unspecified atom stereocenters. The van der Waals surface area contributed by atoms with Crippen molar-refractivity contribution in [3.05, 3.63) is 156 Å². The summed E-state index contributed by atoms with van der Waals surface area (Å²) < 4.78 is 0. The van der Waals surface area contributed by atoms with E-state index >= 15 is 0 Å². The van der Waals surface area contributed by atoms with E-state index in [1.807, 2.05) is 0 Å². The number of fused-ring (bicyclic) bond motifs is 2. The first kappa shape index (κ1) is 42.0. The van der Waals surface area contributed by atoms with E-state index in [0.29, 0.717) is 0 Å². The van der Waals surface area contributed by atoms with Crippen molar-refractivity contribution in [2.75, 3.05) is 0 Å². The Balaban J connectivity index is 0.00000225. The topological polar surface area (TPSA) is 0 Å². The standard InChI is InChI=1S/C47H53.2ClH.Zr/c1-9-11-15-32-19-23-35(24-20-32)43(36-25-21-33(22-26-36)16-12-10-2)45-42(47(6,7)8)31-40-39-30-38(46(3,4)5)28-27-37(39)29-41(40)44(45)34-17-13-14-18-34;;;/h13-14,17,19-28,30-31H,9-12,15-16,18H2,1-8H3;2*1H;/q-1;;;+3/p-2. The van der Waals surface area contributed by atoms with E-state index in [4.69, 9.17) is 0 Å². The van der Waals surface area contributed by atoms with Crippen LogP contribution in [0.2, 0.25) is 0 Å². The number of hydrogen-bond donors (Lipinski definition) is 0.